The van der Waals surface area contributed by atoms with E-state index in [0.717, 1.165) is 10.1 Å². The van der Waals surface area contributed by atoms with Crippen LogP contribution in [-0.2, 0) is 14.8 Å². The molecule has 30 heavy (non-hydrogen) atoms. The van der Waals surface area contributed by atoms with Gasteiger partial charge in [-0.05, 0) is 17.5 Å². The SMILES string of the molecule is O=C(NCC(=O)N1CCN(S(=O)(=O)c2cccs2)CC1)c1sc2ccccc2c1Cl. The molecule has 1 N–H and O–H groups in total. The first kappa shape index (κ1) is 21.3. The van der Waals surface area contributed by atoms with Crippen molar-refractivity contribution >= 4 is 66.2 Å². The van der Waals surface area contributed by atoms with Crippen molar-refractivity contribution in [1.82, 2.24) is 14.5 Å². The van der Waals surface area contributed by atoms with Gasteiger partial charge in [0.15, 0.2) is 0 Å². The molecule has 0 spiro atoms. The summed E-state index contributed by atoms with van der Waals surface area (Å²) >= 11 is 8.76. The standard InChI is InChI=1S/C19H18ClN3O4S3/c20-17-13-4-1-2-5-14(13)29-18(17)19(25)21-12-15(24)22-7-9-23(10-8-22)30(26,27)16-6-3-11-28-16/h1-6,11H,7-10,12H2,(H,21,25). The van der Waals surface area contributed by atoms with Crippen molar-refractivity contribution in [2.45, 2.75) is 4.21 Å². The highest BCUT2D eigenvalue weighted by Gasteiger charge is 2.30. The predicted octanol–water partition coefficient (Wildman–Crippen LogP) is 2.88. The number of carbonyl (C=O) groups is 2. The molecule has 158 valence electrons. The van der Waals surface area contributed by atoms with Crippen molar-refractivity contribution in [3.8, 4) is 0 Å². The lowest BCUT2D eigenvalue weighted by Crippen LogP contribution is -2.52. The minimum absolute atomic E-state index is 0.166. The lowest BCUT2D eigenvalue weighted by atomic mass is 10.2. The summed E-state index contributed by atoms with van der Waals surface area (Å²) in [5, 5.41) is 5.54. The third-order valence-corrected chi connectivity index (χ3v) is 9.77. The van der Waals surface area contributed by atoms with Crippen LogP contribution in [0, 0.1) is 0 Å². The Balaban J connectivity index is 1.33. The van der Waals surface area contributed by atoms with Crippen molar-refractivity contribution in [1.29, 1.82) is 0 Å². The van der Waals surface area contributed by atoms with Crippen LogP contribution < -0.4 is 5.32 Å². The Bertz CT molecular complexity index is 1180. The van der Waals surface area contributed by atoms with Gasteiger partial charge < -0.3 is 10.2 Å². The van der Waals surface area contributed by atoms with E-state index >= 15 is 0 Å². The van der Waals surface area contributed by atoms with E-state index in [9.17, 15) is 18.0 Å². The molecule has 1 fully saturated rings. The lowest BCUT2D eigenvalue weighted by Gasteiger charge is -2.33. The highest BCUT2D eigenvalue weighted by molar-refractivity contribution is 7.91. The number of nitrogens with zero attached hydrogens (tertiary/aromatic N) is 2. The molecule has 4 rings (SSSR count). The lowest BCUT2D eigenvalue weighted by molar-refractivity contribution is -0.131. The second kappa shape index (κ2) is 8.64. The second-order valence-corrected chi connectivity index (χ2v) is 11.2. The molecule has 2 amide bonds. The average molecular weight is 484 g/mol. The maximum atomic E-state index is 12.6. The Hall–Kier alpha value is -1.98. The third kappa shape index (κ3) is 4.10. The van der Waals surface area contributed by atoms with Gasteiger partial charge in [0.25, 0.3) is 15.9 Å². The molecule has 2 aromatic heterocycles. The molecular formula is C19H18ClN3O4S3. The van der Waals surface area contributed by atoms with E-state index in [1.807, 2.05) is 24.3 Å². The number of nitrogens with one attached hydrogen (secondary N) is 1. The molecule has 7 nitrogen and oxygen atoms in total. The van der Waals surface area contributed by atoms with Crippen LogP contribution in [-0.4, -0.2) is 62.2 Å². The number of rotatable bonds is 5. The maximum absolute atomic E-state index is 12.6. The molecule has 11 heteroatoms. The molecule has 1 saturated heterocycles. The van der Waals surface area contributed by atoms with E-state index < -0.39 is 15.9 Å². The second-order valence-electron chi connectivity index (χ2n) is 6.64. The highest BCUT2D eigenvalue weighted by atomic mass is 35.5. The minimum Gasteiger partial charge on any atom is -0.342 e. The molecule has 1 aliphatic heterocycles. The Morgan fingerprint density at radius 1 is 1.07 bits per heavy atom. The van der Waals surface area contributed by atoms with Crippen LogP contribution in [0.1, 0.15) is 9.67 Å². The Labute approximate surface area is 186 Å². The molecule has 3 aromatic rings. The van der Waals surface area contributed by atoms with Crippen molar-refractivity contribution < 1.29 is 18.0 Å². The van der Waals surface area contributed by atoms with Gasteiger partial charge in [-0.2, -0.15) is 4.31 Å². The first-order valence-corrected chi connectivity index (χ1v) is 12.7. The molecule has 0 atom stereocenters. The van der Waals surface area contributed by atoms with Gasteiger partial charge in [0.2, 0.25) is 5.91 Å². The zero-order chi connectivity index (χ0) is 21.3. The monoisotopic (exact) mass is 483 g/mol. The summed E-state index contributed by atoms with van der Waals surface area (Å²) in [4.78, 5) is 26.9. The molecule has 1 aliphatic rings. The van der Waals surface area contributed by atoms with Gasteiger partial charge in [-0.3, -0.25) is 9.59 Å². The van der Waals surface area contributed by atoms with Crippen LogP contribution in [0.5, 0.6) is 0 Å². The van der Waals surface area contributed by atoms with Crippen molar-refractivity contribution in [2.24, 2.45) is 0 Å². The van der Waals surface area contributed by atoms with Crippen molar-refractivity contribution in [2.75, 3.05) is 32.7 Å². The van der Waals surface area contributed by atoms with E-state index in [-0.39, 0.29) is 38.6 Å². The van der Waals surface area contributed by atoms with Crippen LogP contribution in [0.2, 0.25) is 5.02 Å². The fourth-order valence-corrected chi connectivity index (χ4v) is 7.22. The number of hydrogen-bond donors (Lipinski definition) is 1. The van der Waals surface area contributed by atoms with Gasteiger partial charge in [-0.25, -0.2) is 8.42 Å². The van der Waals surface area contributed by atoms with Gasteiger partial charge in [0, 0.05) is 36.3 Å². The summed E-state index contributed by atoms with van der Waals surface area (Å²) in [5.41, 5.74) is 0. The number of piperazine rings is 1. The maximum Gasteiger partial charge on any atom is 0.263 e. The number of benzene rings is 1. The van der Waals surface area contributed by atoms with Gasteiger partial charge in [-0.1, -0.05) is 35.9 Å². The van der Waals surface area contributed by atoms with Crippen LogP contribution in [0.25, 0.3) is 10.1 Å². The number of thiophene rings is 2. The topological polar surface area (TPSA) is 86.8 Å². The molecule has 0 aliphatic carbocycles. The van der Waals surface area contributed by atoms with E-state index in [1.54, 1.807) is 22.4 Å². The zero-order valence-corrected chi connectivity index (χ0v) is 18.9. The Morgan fingerprint density at radius 2 is 1.80 bits per heavy atom. The van der Waals surface area contributed by atoms with Crippen molar-refractivity contribution in [3.05, 3.63) is 51.7 Å². The molecule has 0 saturated carbocycles. The van der Waals surface area contributed by atoms with Gasteiger partial charge in [-0.15, -0.1) is 22.7 Å². The molecule has 3 heterocycles. The van der Waals surface area contributed by atoms with Crippen LogP contribution in [0.15, 0.2) is 46.0 Å². The number of sulfonamides is 1. The molecular weight excluding hydrogens is 466 g/mol. The highest BCUT2D eigenvalue weighted by Crippen LogP contribution is 2.34. The first-order chi connectivity index (χ1) is 14.4. The number of halogens is 1. The summed E-state index contributed by atoms with van der Waals surface area (Å²) in [5.74, 6) is -0.651. The number of fused-ring (bicyclic) bond motifs is 1. The van der Waals surface area contributed by atoms with E-state index in [0.29, 0.717) is 14.1 Å². The predicted molar refractivity (Wildman–Crippen MR) is 119 cm³/mol. The number of amides is 2. The zero-order valence-electron chi connectivity index (χ0n) is 15.7. The van der Waals surface area contributed by atoms with Gasteiger partial charge >= 0.3 is 0 Å². The molecule has 0 bridgehead atoms. The molecule has 0 radical (unpaired) electrons. The van der Waals surface area contributed by atoms with Gasteiger partial charge in [0.1, 0.15) is 9.09 Å². The third-order valence-electron chi connectivity index (χ3n) is 4.82. The summed E-state index contributed by atoms with van der Waals surface area (Å²) in [6, 6.07) is 10.7. The van der Waals surface area contributed by atoms with Crippen LogP contribution in [0.3, 0.4) is 0 Å². The van der Waals surface area contributed by atoms with E-state index in [1.165, 1.54) is 27.0 Å². The number of hydrogen-bond acceptors (Lipinski definition) is 6. The Morgan fingerprint density at radius 3 is 2.47 bits per heavy atom. The van der Waals surface area contributed by atoms with Crippen LogP contribution in [0.4, 0.5) is 0 Å². The molecule has 1 aromatic carbocycles. The largest absolute Gasteiger partial charge is 0.342 e. The summed E-state index contributed by atoms with van der Waals surface area (Å²) < 4.78 is 27.7. The summed E-state index contributed by atoms with van der Waals surface area (Å²) in [6.07, 6.45) is 0. The normalized spacial score (nSPS) is 15.4. The van der Waals surface area contributed by atoms with E-state index in [2.05, 4.69) is 5.32 Å². The summed E-state index contributed by atoms with van der Waals surface area (Å²) in [7, 11) is -3.52. The average Bonchev–Trinajstić information content (AvgIpc) is 3.41. The number of carbonyl (C=O) groups excluding carboxylic acids is 2. The summed E-state index contributed by atoms with van der Waals surface area (Å²) in [6.45, 7) is 0.844. The van der Waals surface area contributed by atoms with Crippen LogP contribution >= 0.6 is 34.3 Å². The Kier molecular flexibility index (Phi) is 6.12. The quantitative estimate of drug-likeness (QED) is 0.604. The fourth-order valence-electron chi connectivity index (χ4n) is 3.22. The fraction of sp³-hybridized carbons (Fsp3) is 0.263. The van der Waals surface area contributed by atoms with E-state index in [4.69, 9.17) is 11.6 Å². The minimum atomic E-state index is -3.52. The smallest absolute Gasteiger partial charge is 0.263 e. The van der Waals surface area contributed by atoms with Crippen molar-refractivity contribution in [3.63, 3.8) is 0 Å². The molecule has 0 unspecified atom stereocenters. The first-order valence-electron chi connectivity index (χ1n) is 9.14. The van der Waals surface area contributed by atoms with Gasteiger partial charge in [0.05, 0.1) is 11.6 Å².